The number of aromatic amines is 1. The van der Waals surface area contributed by atoms with Crippen molar-refractivity contribution >= 4 is 5.91 Å². The molecule has 1 atom stereocenters. The molecule has 4 aromatic rings. The number of hydrogen-bond acceptors (Lipinski definition) is 5. The number of halogens is 1. The number of H-pyrrole nitrogens is 1. The Morgan fingerprint density at radius 1 is 1.18 bits per heavy atom. The number of benzene rings is 1. The van der Waals surface area contributed by atoms with Crippen molar-refractivity contribution in [2.24, 2.45) is 0 Å². The lowest BCUT2D eigenvalue weighted by molar-refractivity contribution is 0.0705. The van der Waals surface area contributed by atoms with Crippen molar-refractivity contribution in [2.75, 3.05) is 13.1 Å². The molecule has 3 aromatic heterocycles. The number of carbonyl (C=O) groups is 1. The Balaban J connectivity index is 1.31. The minimum absolute atomic E-state index is 0.0293. The van der Waals surface area contributed by atoms with Gasteiger partial charge in [0.05, 0.1) is 11.9 Å². The summed E-state index contributed by atoms with van der Waals surface area (Å²) in [5.74, 6) is 0.491. The van der Waals surface area contributed by atoms with Crippen LogP contribution in [0.25, 0.3) is 11.5 Å². The van der Waals surface area contributed by atoms with Crippen LogP contribution in [-0.2, 0) is 6.42 Å². The Morgan fingerprint density at radius 2 is 2.09 bits per heavy atom. The highest BCUT2D eigenvalue weighted by Crippen LogP contribution is 2.27. The molecule has 4 heterocycles. The second-order valence-corrected chi connectivity index (χ2v) is 8.68. The number of aryl methyl sites for hydroxylation is 1. The van der Waals surface area contributed by atoms with E-state index in [2.05, 4.69) is 19.9 Å². The molecule has 1 saturated heterocycles. The number of pyridine rings is 1. The van der Waals surface area contributed by atoms with Gasteiger partial charge in [-0.05, 0) is 49.6 Å². The van der Waals surface area contributed by atoms with Gasteiger partial charge in [-0.2, -0.15) is 0 Å². The molecule has 1 aromatic carbocycles. The van der Waals surface area contributed by atoms with Crippen LogP contribution < -0.4 is 0 Å². The average Bonchev–Trinajstić information content (AvgIpc) is 3.30. The number of nitrogens with zero attached hydrogens (tertiary/aromatic N) is 5. The van der Waals surface area contributed by atoms with Crippen molar-refractivity contribution in [3.8, 4) is 11.5 Å². The highest BCUT2D eigenvalue weighted by molar-refractivity contribution is 5.94. The maximum absolute atomic E-state index is 13.5. The van der Waals surface area contributed by atoms with E-state index in [-0.39, 0.29) is 17.6 Å². The standard InChI is InChI=1S/C26H25FN6O/c1-17-13-30-25(31-17)24-15-28-14-23(32-24)20-5-3-9-33(16-20)26(34)19-7-8-29-22(12-19)11-18-4-2-6-21(27)10-18/h2,4,6-8,10,12-15,20H,3,5,9,11,16H2,1H3,(H,30,31). The van der Waals surface area contributed by atoms with Crippen LogP contribution in [0.3, 0.4) is 0 Å². The molecule has 1 amide bonds. The predicted molar refractivity (Wildman–Crippen MR) is 126 cm³/mol. The number of imidazole rings is 1. The van der Waals surface area contributed by atoms with E-state index in [9.17, 15) is 9.18 Å². The van der Waals surface area contributed by atoms with E-state index >= 15 is 0 Å². The minimum Gasteiger partial charge on any atom is -0.341 e. The zero-order chi connectivity index (χ0) is 23.5. The lowest BCUT2D eigenvalue weighted by Crippen LogP contribution is -2.39. The summed E-state index contributed by atoms with van der Waals surface area (Å²) >= 11 is 0. The average molecular weight is 457 g/mol. The van der Waals surface area contributed by atoms with E-state index in [1.165, 1.54) is 12.1 Å². The highest BCUT2D eigenvalue weighted by atomic mass is 19.1. The largest absolute Gasteiger partial charge is 0.341 e. The fraction of sp³-hybridized carbons (Fsp3) is 0.269. The number of hydrogen-bond donors (Lipinski definition) is 1. The number of rotatable bonds is 5. The topological polar surface area (TPSA) is 87.7 Å². The van der Waals surface area contributed by atoms with Crippen LogP contribution in [0.4, 0.5) is 4.39 Å². The molecule has 0 aliphatic carbocycles. The van der Waals surface area contributed by atoms with Crippen LogP contribution >= 0.6 is 0 Å². The van der Waals surface area contributed by atoms with E-state index in [0.29, 0.717) is 36.6 Å². The summed E-state index contributed by atoms with van der Waals surface area (Å²) < 4.78 is 13.5. The van der Waals surface area contributed by atoms with Crippen molar-refractivity contribution < 1.29 is 9.18 Å². The fourth-order valence-electron chi connectivity index (χ4n) is 4.38. The van der Waals surface area contributed by atoms with Gasteiger partial charge in [-0.3, -0.25) is 14.8 Å². The lowest BCUT2D eigenvalue weighted by Gasteiger charge is -2.32. The molecule has 0 spiro atoms. The first kappa shape index (κ1) is 21.9. The summed E-state index contributed by atoms with van der Waals surface area (Å²) in [6.45, 7) is 3.22. The summed E-state index contributed by atoms with van der Waals surface area (Å²) in [5.41, 5.74) is 4.67. The van der Waals surface area contributed by atoms with Gasteiger partial charge in [0.2, 0.25) is 0 Å². The van der Waals surface area contributed by atoms with E-state index in [4.69, 9.17) is 4.98 Å². The van der Waals surface area contributed by atoms with Crippen molar-refractivity contribution in [2.45, 2.75) is 32.1 Å². The number of likely N-dealkylation sites (tertiary alicyclic amines) is 1. The summed E-state index contributed by atoms with van der Waals surface area (Å²) in [6, 6.07) is 9.98. The second kappa shape index (κ2) is 9.51. The van der Waals surface area contributed by atoms with Gasteiger partial charge in [0.25, 0.3) is 5.91 Å². The molecule has 7 nitrogen and oxygen atoms in total. The zero-order valence-electron chi connectivity index (χ0n) is 18.9. The van der Waals surface area contributed by atoms with Gasteiger partial charge in [0.1, 0.15) is 11.5 Å². The summed E-state index contributed by atoms with van der Waals surface area (Å²) in [6.07, 6.45) is 9.19. The van der Waals surface area contributed by atoms with Crippen molar-refractivity contribution in [3.63, 3.8) is 0 Å². The number of nitrogens with one attached hydrogen (secondary N) is 1. The third-order valence-electron chi connectivity index (χ3n) is 6.06. The quantitative estimate of drug-likeness (QED) is 0.483. The SMILES string of the molecule is Cc1cnc(-c2cncc(C3CCCN(C(=O)c4ccnc(Cc5cccc(F)c5)c4)C3)n2)[nH]1. The van der Waals surface area contributed by atoms with Gasteiger partial charge >= 0.3 is 0 Å². The first-order valence-corrected chi connectivity index (χ1v) is 11.4. The third kappa shape index (κ3) is 4.85. The van der Waals surface area contributed by atoms with Crippen LogP contribution in [0.15, 0.2) is 61.2 Å². The molecule has 1 aliphatic heterocycles. The molecule has 0 saturated carbocycles. The van der Waals surface area contributed by atoms with Gasteiger partial charge in [-0.1, -0.05) is 12.1 Å². The zero-order valence-corrected chi connectivity index (χ0v) is 18.9. The van der Waals surface area contributed by atoms with Gasteiger partial charge < -0.3 is 9.88 Å². The highest BCUT2D eigenvalue weighted by Gasteiger charge is 2.27. The molecule has 5 rings (SSSR count). The van der Waals surface area contributed by atoms with Crippen LogP contribution in [0.2, 0.25) is 0 Å². The molecule has 1 aliphatic rings. The lowest BCUT2D eigenvalue weighted by atomic mass is 9.94. The monoisotopic (exact) mass is 456 g/mol. The Hall–Kier alpha value is -3.94. The maximum Gasteiger partial charge on any atom is 0.253 e. The Kier molecular flexibility index (Phi) is 6.12. The van der Waals surface area contributed by atoms with Gasteiger partial charge in [-0.15, -0.1) is 0 Å². The van der Waals surface area contributed by atoms with E-state index in [1.54, 1.807) is 43.0 Å². The smallest absolute Gasteiger partial charge is 0.253 e. The molecule has 1 N–H and O–H groups in total. The number of piperidine rings is 1. The molecule has 172 valence electrons. The van der Waals surface area contributed by atoms with Crippen molar-refractivity contribution in [1.29, 1.82) is 0 Å². The van der Waals surface area contributed by atoms with Crippen molar-refractivity contribution in [3.05, 3.63) is 95.2 Å². The number of aromatic nitrogens is 5. The molecule has 1 fully saturated rings. The van der Waals surface area contributed by atoms with Gasteiger partial charge in [-0.25, -0.2) is 14.4 Å². The van der Waals surface area contributed by atoms with Crippen LogP contribution in [0.1, 0.15) is 51.8 Å². The Bertz CT molecular complexity index is 1320. The predicted octanol–water partition coefficient (Wildman–Crippen LogP) is 4.32. The Morgan fingerprint density at radius 3 is 2.91 bits per heavy atom. The molecule has 8 heteroatoms. The first-order valence-electron chi connectivity index (χ1n) is 11.4. The first-order chi connectivity index (χ1) is 16.5. The summed E-state index contributed by atoms with van der Waals surface area (Å²) in [7, 11) is 0. The van der Waals surface area contributed by atoms with Crippen molar-refractivity contribution in [1.82, 2.24) is 29.8 Å². The molecular weight excluding hydrogens is 431 g/mol. The van der Waals surface area contributed by atoms with Crippen LogP contribution in [-0.4, -0.2) is 48.8 Å². The summed E-state index contributed by atoms with van der Waals surface area (Å²) in [5, 5.41) is 0. The van der Waals surface area contributed by atoms with Gasteiger partial charge in [0.15, 0.2) is 5.82 Å². The number of carbonyl (C=O) groups excluding carboxylic acids is 1. The molecule has 0 radical (unpaired) electrons. The van der Waals surface area contributed by atoms with E-state index in [0.717, 1.165) is 35.5 Å². The Labute approximate surface area is 197 Å². The maximum atomic E-state index is 13.5. The molecule has 0 bridgehead atoms. The van der Waals surface area contributed by atoms with E-state index < -0.39 is 0 Å². The molecule has 34 heavy (non-hydrogen) atoms. The minimum atomic E-state index is -0.279. The van der Waals surface area contributed by atoms with Crippen LogP contribution in [0, 0.1) is 12.7 Å². The number of amides is 1. The van der Waals surface area contributed by atoms with Crippen LogP contribution in [0.5, 0.6) is 0 Å². The molecule has 1 unspecified atom stereocenters. The normalized spacial score (nSPS) is 15.9. The fourth-order valence-corrected chi connectivity index (χ4v) is 4.38. The molecular formula is C26H25FN6O. The van der Waals surface area contributed by atoms with E-state index in [1.807, 2.05) is 17.9 Å². The third-order valence-corrected chi connectivity index (χ3v) is 6.06. The van der Waals surface area contributed by atoms with Gasteiger partial charge in [0, 0.05) is 61.0 Å². The second-order valence-electron chi connectivity index (χ2n) is 8.68. The summed E-state index contributed by atoms with van der Waals surface area (Å²) in [4.78, 5) is 36.3.